The van der Waals surface area contributed by atoms with Crippen LogP contribution in [0.25, 0.3) is 6.08 Å². The Morgan fingerprint density at radius 1 is 1.12 bits per heavy atom. The number of hydrogen-bond donors (Lipinski definition) is 1. The first-order valence-electron chi connectivity index (χ1n) is 8.34. The number of nitrogens with zero attached hydrogens (tertiary/aromatic N) is 1. The van der Waals surface area contributed by atoms with Gasteiger partial charge >= 0.3 is 0 Å². The molecule has 0 aromatic heterocycles. The summed E-state index contributed by atoms with van der Waals surface area (Å²) in [6.07, 6.45) is 3.87. The van der Waals surface area contributed by atoms with Gasteiger partial charge in [0.25, 0.3) is 5.91 Å². The van der Waals surface area contributed by atoms with Gasteiger partial charge in [0.05, 0.1) is 0 Å². The first-order valence-corrected chi connectivity index (χ1v) is 8.75. The van der Waals surface area contributed by atoms with Crippen LogP contribution in [0.3, 0.4) is 0 Å². The number of carbonyl (C=O) groups excluding carboxylic acids is 1. The molecule has 0 bridgehead atoms. The number of hydrogen-bond acceptors (Lipinski definition) is 3. The molecule has 1 aliphatic carbocycles. The Bertz CT molecular complexity index is 844. The van der Waals surface area contributed by atoms with E-state index in [9.17, 15) is 4.79 Å². The standard InChI is InChI=1S/C20H18N2O2S/c23-19-17(21-20(25)22(19)16-10-11-16)12-15-8-4-5-9-18(15)24-13-14-6-2-1-3-7-14/h1-9,12,16H,10-11,13H2,(H,21,25)/b17-12+. The van der Waals surface area contributed by atoms with E-state index in [0.717, 1.165) is 29.7 Å². The Morgan fingerprint density at radius 3 is 2.60 bits per heavy atom. The zero-order chi connectivity index (χ0) is 17.2. The number of carbonyl (C=O) groups is 1. The maximum Gasteiger partial charge on any atom is 0.276 e. The third-order valence-corrected chi connectivity index (χ3v) is 4.58. The van der Waals surface area contributed by atoms with E-state index in [0.29, 0.717) is 17.4 Å². The van der Waals surface area contributed by atoms with Crippen molar-refractivity contribution >= 4 is 29.3 Å². The van der Waals surface area contributed by atoms with E-state index in [1.807, 2.05) is 60.7 Å². The second-order valence-corrected chi connectivity index (χ2v) is 6.59. The van der Waals surface area contributed by atoms with Crippen LogP contribution in [0.4, 0.5) is 0 Å². The quantitative estimate of drug-likeness (QED) is 0.662. The summed E-state index contributed by atoms with van der Waals surface area (Å²) in [5.41, 5.74) is 2.46. The van der Waals surface area contributed by atoms with Gasteiger partial charge in [0.1, 0.15) is 18.1 Å². The molecule has 1 N–H and O–H groups in total. The van der Waals surface area contributed by atoms with Gasteiger partial charge in [-0.3, -0.25) is 9.69 Å². The van der Waals surface area contributed by atoms with Crippen LogP contribution < -0.4 is 10.1 Å². The molecule has 0 radical (unpaired) electrons. The lowest BCUT2D eigenvalue weighted by molar-refractivity contribution is -0.122. The van der Waals surface area contributed by atoms with Crippen LogP contribution in [-0.4, -0.2) is 22.0 Å². The van der Waals surface area contributed by atoms with Gasteiger partial charge in [-0.1, -0.05) is 48.5 Å². The summed E-state index contributed by atoms with van der Waals surface area (Å²) in [4.78, 5) is 14.2. The minimum absolute atomic E-state index is 0.0506. The molecule has 1 saturated heterocycles. The molecule has 5 heteroatoms. The van der Waals surface area contributed by atoms with Gasteiger partial charge in [0, 0.05) is 11.6 Å². The van der Waals surface area contributed by atoms with Crippen LogP contribution in [0.1, 0.15) is 24.0 Å². The van der Waals surface area contributed by atoms with Crippen molar-refractivity contribution in [2.75, 3.05) is 0 Å². The summed E-state index contributed by atoms with van der Waals surface area (Å²) in [6, 6.07) is 18.0. The van der Waals surface area contributed by atoms with Gasteiger partial charge in [-0.2, -0.15) is 0 Å². The monoisotopic (exact) mass is 350 g/mol. The van der Waals surface area contributed by atoms with Crippen molar-refractivity contribution in [3.63, 3.8) is 0 Å². The van der Waals surface area contributed by atoms with Crippen LogP contribution in [0.15, 0.2) is 60.3 Å². The second kappa shape index (κ2) is 6.69. The molecule has 4 nitrogen and oxygen atoms in total. The van der Waals surface area contributed by atoms with E-state index in [2.05, 4.69) is 5.32 Å². The summed E-state index contributed by atoms with van der Waals surface area (Å²) in [6.45, 7) is 0.481. The highest BCUT2D eigenvalue weighted by atomic mass is 32.1. The third-order valence-electron chi connectivity index (χ3n) is 4.28. The number of thiocarbonyl (C=S) groups is 1. The Morgan fingerprint density at radius 2 is 1.84 bits per heavy atom. The number of ether oxygens (including phenoxy) is 1. The van der Waals surface area contributed by atoms with Gasteiger partial charge in [-0.05, 0) is 42.8 Å². The minimum atomic E-state index is -0.0506. The molecule has 25 heavy (non-hydrogen) atoms. The van der Waals surface area contributed by atoms with Gasteiger partial charge < -0.3 is 10.1 Å². The Labute approximate surface area is 152 Å². The van der Waals surface area contributed by atoms with Gasteiger partial charge in [-0.15, -0.1) is 0 Å². The molecule has 4 rings (SSSR count). The van der Waals surface area contributed by atoms with Crippen molar-refractivity contribution in [1.82, 2.24) is 10.2 Å². The van der Waals surface area contributed by atoms with Gasteiger partial charge in [0.15, 0.2) is 5.11 Å². The molecule has 0 unspecified atom stereocenters. The summed E-state index contributed by atoms with van der Waals surface area (Å²) < 4.78 is 5.95. The van der Waals surface area contributed by atoms with Crippen molar-refractivity contribution in [2.24, 2.45) is 0 Å². The maximum absolute atomic E-state index is 12.6. The van der Waals surface area contributed by atoms with Crippen LogP contribution in [-0.2, 0) is 11.4 Å². The van der Waals surface area contributed by atoms with Crippen LogP contribution in [0, 0.1) is 0 Å². The molecule has 2 fully saturated rings. The molecule has 2 aromatic rings. The molecular weight excluding hydrogens is 332 g/mol. The lowest BCUT2D eigenvalue weighted by Gasteiger charge is -2.11. The van der Waals surface area contributed by atoms with Crippen molar-refractivity contribution in [3.05, 3.63) is 71.4 Å². The van der Waals surface area contributed by atoms with E-state index in [-0.39, 0.29) is 11.9 Å². The van der Waals surface area contributed by atoms with Crippen molar-refractivity contribution in [3.8, 4) is 5.75 Å². The molecule has 0 spiro atoms. The number of amides is 1. The fourth-order valence-electron chi connectivity index (χ4n) is 2.84. The maximum atomic E-state index is 12.6. The zero-order valence-electron chi connectivity index (χ0n) is 13.6. The van der Waals surface area contributed by atoms with Crippen molar-refractivity contribution < 1.29 is 9.53 Å². The van der Waals surface area contributed by atoms with Gasteiger partial charge in [0.2, 0.25) is 0 Å². The number of nitrogens with one attached hydrogen (secondary N) is 1. The lowest BCUT2D eigenvalue weighted by Crippen LogP contribution is -2.32. The largest absolute Gasteiger partial charge is 0.488 e. The summed E-state index contributed by atoms with van der Waals surface area (Å²) in [5.74, 6) is 0.689. The van der Waals surface area contributed by atoms with Crippen molar-refractivity contribution in [1.29, 1.82) is 0 Å². The topological polar surface area (TPSA) is 41.6 Å². The first-order chi connectivity index (χ1) is 12.2. The number of benzene rings is 2. The zero-order valence-corrected chi connectivity index (χ0v) is 14.5. The molecule has 1 amide bonds. The predicted octanol–water partition coefficient (Wildman–Crippen LogP) is 3.49. The fourth-order valence-corrected chi connectivity index (χ4v) is 3.18. The molecule has 1 heterocycles. The SMILES string of the molecule is O=C1/C(=C\c2ccccc2OCc2ccccc2)NC(=S)N1C1CC1. The van der Waals surface area contributed by atoms with E-state index >= 15 is 0 Å². The molecule has 1 aliphatic heterocycles. The first kappa shape index (κ1) is 15.8. The van der Waals surface area contributed by atoms with Crippen LogP contribution >= 0.6 is 12.2 Å². The third kappa shape index (κ3) is 3.42. The van der Waals surface area contributed by atoms with E-state index in [1.54, 1.807) is 4.90 Å². The molecular formula is C20H18N2O2S. The summed E-state index contributed by atoms with van der Waals surface area (Å²) in [7, 11) is 0. The highest BCUT2D eigenvalue weighted by Gasteiger charge is 2.41. The lowest BCUT2D eigenvalue weighted by atomic mass is 10.1. The Balaban J connectivity index is 1.54. The normalized spacial score (nSPS) is 18.6. The average molecular weight is 350 g/mol. The average Bonchev–Trinajstić information content (AvgIpc) is 3.42. The van der Waals surface area contributed by atoms with Crippen LogP contribution in [0.2, 0.25) is 0 Å². The second-order valence-electron chi connectivity index (χ2n) is 6.21. The Hall–Kier alpha value is -2.66. The van der Waals surface area contributed by atoms with E-state index in [4.69, 9.17) is 17.0 Å². The molecule has 1 saturated carbocycles. The summed E-state index contributed by atoms with van der Waals surface area (Å²) in [5, 5.41) is 3.54. The summed E-state index contributed by atoms with van der Waals surface area (Å²) >= 11 is 5.30. The fraction of sp³-hybridized carbons (Fsp3) is 0.200. The van der Waals surface area contributed by atoms with Gasteiger partial charge in [-0.25, -0.2) is 0 Å². The van der Waals surface area contributed by atoms with Crippen LogP contribution in [0.5, 0.6) is 5.75 Å². The van der Waals surface area contributed by atoms with Crippen molar-refractivity contribution in [2.45, 2.75) is 25.5 Å². The predicted molar refractivity (Wildman–Crippen MR) is 101 cm³/mol. The highest BCUT2D eigenvalue weighted by Crippen LogP contribution is 2.31. The molecule has 0 atom stereocenters. The minimum Gasteiger partial charge on any atom is -0.488 e. The van der Waals surface area contributed by atoms with E-state index < -0.39 is 0 Å². The molecule has 126 valence electrons. The molecule has 2 aliphatic rings. The number of rotatable bonds is 5. The number of para-hydroxylation sites is 1. The Kier molecular flexibility index (Phi) is 4.24. The smallest absolute Gasteiger partial charge is 0.276 e. The molecule has 2 aromatic carbocycles. The highest BCUT2D eigenvalue weighted by molar-refractivity contribution is 7.80. The van der Waals surface area contributed by atoms with E-state index in [1.165, 1.54) is 0 Å².